The van der Waals surface area contributed by atoms with Crippen LogP contribution in [0.25, 0.3) is 0 Å². The van der Waals surface area contributed by atoms with E-state index in [0.29, 0.717) is 6.29 Å². The SMILES string of the molecule is CN(C)C[P@@](=O)(Nc1ccccc1)N(C)C. The maximum Gasteiger partial charge on any atom is 0.250 e. The van der Waals surface area contributed by atoms with Crippen molar-refractivity contribution in [2.45, 2.75) is 0 Å². The first kappa shape index (κ1) is 13.2. The van der Waals surface area contributed by atoms with Crippen LogP contribution in [-0.4, -0.2) is 44.0 Å². The summed E-state index contributed by atoms with van der Waals surface area (Å²) in [5, 5.41) is 3.13. The fraction of sp³-hybridized carbons (Fsp3) is 0.455. The highest BCUT2D eigenvalue weighted by Crippen LogP contribution is 2.47. The minimum atomic E-state index is -2.56. The molecular formula is C11H20N3OP. The fourth-order valence-electron chi connectivity index (χ4n) is 1.36. The molecule has 0 unspecified atom stereocenters. The molecule has 0 aliphatic carbocycles. The normalized spacial score (nSPS) is 15.1. The van der Waals surface area contributed by atoms with Gasteiger partial charge in [0.2, 0.25) is 7.44 Å². The van der Waals surface area contributed by atoms with Gasteiger partial charge in [-0.05, 0) is 40.3 Å². The van der Waals surface area contributed by atoms with E-state index in [0.717, 1.165) is 5.69 Å². The zero-order chi connectivity index (χ0) is 12.2. The van der Waals surface area contributed by atoms with E-state index in [1.54, 1.807) is 4.67 Å². The lowest BCUT2D eigenvalue weighted by atomic mass is 10.3. The average molecular weight is 241 g/mol. The Kier molecular flexibility index (Phi) is 4.54. The van der Waals surface area contributed by atoms with Crippen molar-refractivity contribution in [2.75, 3.05) is 39.6 Å². The summed E-state index contributed by atoms with van der Waals surface area (Å²) in [6.07, 6.45) is 0.509. The lowest BCUT2D eigenvalue weighted by Crippen LogP contribution is -2.24. The molecule has 1 rings (SSSR count). The average Bonchev–Trinajstić information content (AvgIpc) is 2.17. The van der Waals surface area contributed by atoms with E-state index in [4.69, 9.17) is 0 Å². The number of hydrogen-bond donors (Lipinski definition) is 1. The summed E-state index contributed by atoms with van der Waals surface area (Å²) in [7, 11) is 4.95. The lowest BCUT2D eigenvalue weighted by molar-refractivity contribution is 0.438. The summed E-state index contributed by atoms with van der Waals surface area (Å²) in [5.74, 6) is 0. The van der Waals surface area contributed by atoms with Crippen LogP contribution in [0.3, 0.4) is 0 Å². The summed E-state index contributed by atoms with van der Waals surface area (Å²) >= 11 is 0. The van der Waals surface area contributed by atoms with Gasteiger partial charge in [-0.1, -0.05) is 18.2 Å². The van der Waals surface area contributed by atoms with Crippen molar-refractivity contribution >= 4 is 13.1 Å². The number of anilines is 1. The van der Waals surface area contributed by atoms with Crippen molar-refractivity contribution < 1.29 is 4.57 Å². The Hall–Kier alpha value is -0.830. The molecule has 90 valence electrons. The summed E-state index contributed by atoms with van der Waals surface area (Å²) in [5.41, 5.74) is 0.890. The van der Waals surface area contributed by atoms with Gasteiger partial charge in [-0.2, -0.15) is 0 Å². The first-order valence-electron chi connectivity index (χ1n) is 5.19. The molecule has 0 aliphatic heterocycles. The molecule has 0 aliphatic rings. The predicted octanol–water partition coefficient (Wildman–Crippen LogP) is 2.37. The summed E-state index contributed by atoms with van der Waals surface area (Å²) < 4.78 is 14.4. The molecule has 5 heteroatoms. The standard InChI is InChI=1S/C11H20N3OP/c1-13(2)10-16(15,14(3)4)12-11-8-6-5-7-9-11/h5-9H,10H2,1-4H3,(H,12,15)/t16-/m1/s1. The van der Waals surface area contributed by atoms with Crippen LogP contribution < -0.4 is 5.09 Å². The molecule has 0 bridgehead atoms. The van der Waals surface area contributed by atoms with Crippen molar-refractivity contribution in [3.8, 4) is 0 Å². The van der Waals surface area contributed by atoms with Crippen molar-refractivity contribution in [3.05, 3.63) is 30.3 Å². The maximum absolute atomic E-state index is 12.7. The lowest BCUT2D eigenvalue weighted by Gasteiger charge is -2.28. The molecule has 0 spiro atoms. The molecule has 0 aromatic heterocycles. The summed E-state index contributed by atoms with van der Waals surface area (Å²) in [6, 6.07) is 9.64. The molecular weight excluding hydrogens is 221 g/mol. The topological polar surface area (TPSA) is 35.6 Å². The third kappa shape index (κ3) is 3.63. The molecule has 1 aromatic rings. The molecule has 0 saturated heterocycles. The highest BCUT2D eigenvalue weighted by molar-refractivity contribution is 7.62. The number of para-hydroxylation sites is 1. The van der Waals surface area contributed by atoms with Gasteiger partial charge in [-0.3, -0.25) is 9.46 Å². The molecule has 0 fully saturated rings. The molecule has 1 atom stereocenters. The highest BCUT2D eigenvalue weighted by Gasteiger charge is 2.25. The van der Waals surface area contributed by atoms with Crippen LogP contribution in [0.1, 0.15) is 0 Å². The van der Waals surface area contributed by atoms with E-state index in [1.807, 2.05) is 63.4 Å². The molecule has 1 N–H and O–H groups in total. The highest BCUT2D eigenvalue weighted by atomic mass is 31.2. The van der Waals surface area contributed by atoms with E-state index < -0.39 is 7.44 Å². The van der Waals surface area contributed by atoms with Gasteiger partial charge in [0.15, 0.2) is 0 Å². The smallest absolute Gasteiger partial charge is 0.250 e. The zero-order valence-corrected chi connectivity index (χ0v) is 11.2. The van der Waals surface area contributed by atoms with Crippen LogP contribution in [0.4, 0.5) is 5.69 Å². The fourth-order valence-corrected chi connectivity index (χ4v) is 3.20. The molecule has 4 nitrogen and oxygen atoms in total. The second-order valence-corrected chi connectivity index (χ2v) is 6.96. The molecule has 0 amide bonds. The second kappa shape index (κ2) is 5.48. The largest absolute Gasteiger partial charge is 0.324 e. The van der Waals surface area contributed by atoms with Crippen molar-refractivity contribution in [1.29, 1.82) is 0 Å². The number of rotatable bonds is 5. The van der Waals surface area contributed by atoms with Gasteiger partial charge in [-0.15, -0.1) is 0 Å². The minimum Gasteiger partial charge on any atom is -0.324 e. The molecule has 0 heterocycles. The van der Waals surface area contributed by atoms with Gasteiger partial charge in [0.25, 0.3) is 0 Å². The number of benzene rings is 1. The van der Waals surface area contributed by atoms with Crippen LogP contribution in [0.2, 0.25) is 0 Å². The van der Waals surface area contributed by atoms with Crippen molar-refractivity contribution in [2.24, 2.45) is 0 Å². The van der Waals surface area contributed by atoms with E-state index >= 15 is 0 Å². The van der Waals surface area contributed by atoms with Gasteiger partial charge in [0.1, 0.15) is 0 Å². The van der Waals surface area contributed by atoms with Crippen LogP contribution in [-0.2, 0) is 4.57 Å². The Balaban J connectivity index is 2.84. The van der Waals surface area contributed by atoms with Crippen molar-refractivity contribution in [1.82, 2.24) is 9.57 Å². The van der Waals surface area contributed by atoms with Crippen LogP contribution in [0.15, 0.2) is 30.3 Å². The quantitative estimate of drug-likeness (QED) is 0.803. The zero-order valence-electron chi connectivity index (χ0n) is 10.3. The molecule has 0 saturated carbocycles. The second-order valence-electron chi connectivity index (χ2n) is 4.25. The Morgan fingerprint density at radius 3 is 2.12 bits per heavy atom. The van der Waals surface area contributed by atoms with Gasteiger partial charge >= 0.3 is 0 Å². The van der Waals surface area contributed by atoms with Crippen LogP contribution in [0.5, 0.6) is 0 Å². The number of nitrogens with zero attached hydrogens (tertiary/aromatic N) is 2. The Labute approximate surface area is 97.7 Å². The number of hydrogen-bond acceptors (Lipinski definition) is 2. The van der Waals surface area contributed by atoms with Gasteiger partial charge in [0, 0.05) is 5.69 Å². The van der Waals surface area contributed by atoms with E-state index in [2.05, 4.69) is 5.09 Å². The maximum atomic E-state index is 12.7. The Morgan fingerprint density at radius 1 is 1.12 bits per heavy atom. The third-order valence-electron chi connectivity index (χ3n) is 2.20. The first-order chi connectivity index (χ1) is 7.44. The third-order valence-corrected chi connectivity index (χ3v) is 5.05. The van der Waals surface area contributed by atoms with E-state index in [-0.39, 0.29) is 0 Å². The van der Waals surface area contributed by atoms with Gasteiger partial charge in [-0.25, -0.2) is 4.67 Å². The molecule has 16 heavy (non-hydrogen) atoms. The van der Waals surface area contributed by atoms with Crippen LogP contribution in [0, 0.1) is 0 Å². The Morgan fingerprint density at radius 2 is 1.69 bits per heavy atom. The summed E-state index contributed by atoms with van der Waals surface area (Å²) in [6.45, 7) is 0. The van der Waals surface area contributed by atoms with E-state index in [1.165, 1.54) is 0 Å². The number of nitrogens with one attached hydrogen (secondary N) is 1. The molecule has 0 radical (unpaired) electrons. The van der Waals surface area contributed by atoms with Crippen molar-refractivity contribution in [3.63, 3.8) is 0 Å². The Bertz CT molecular complexity index is 365. The van der Waals surface area contributed by atoms with Gasteiger partial charge < -0.3 is 5.09 Å². The molecule has 1 aromatic carbocycles. The van der Waals surface area contributed by atoms with Gasteiger partial charge in [0.05, 0.1) is 6.29 Å². The van der Waals surface area contributed by atoms with Crippen LogP contribution >= 0.6 is 7.44 Å². The predicted molar refractivity (Wildman–Crippen MR) is 69.9 cm³/mol. The van der Waals surface area contributed by atoms with E-state index in [9.17, 15) is 4.57 Å². The first-order valence-corrected chi connectivity index (χ1v) is 7.03. The monoisotopic (exact) mass is 241 g/mol. The minimum absolute atomic E-state index is 0.509. The summed E-state index contributed by atoms with van der Waals surface area (Å²) in [4.78, 5) is 1.93.